The van der Waals surface area contributed by atoms with Crippen molar-refractivity contribution in [1.29, 1.82) is 0 Å². The third kappa shape index (κ3) is 3.33. The molecule has 1 aromatic carbocycles. The van der Waals surface area contributed by atoms with E-state index in [1.807, 2.05) is 43.8 Å². The van der Waals surface area contributed by atoms with Crippen LogP contribution in [0.25, 0.3) is 0 Å². The highest BCUT2D eigenvalue weighted by atomic mass is 16.5. The lowest BCUT2D eigenvalue weighted by atomic mass is 10.1. The van der Waals surface area contributed by atoms with Crippen LogP contribution in [0.1, 0.15) is 23.3 Å². The molecule has 0 aliphatic heterocycles. The molecule has 0 radical (unpaired) electrons. The first-order valence-electron chi connectivity index (χ1n) is 6.86. The van der Waals surface area contributed by atoms with Gasteiger partial charge in [-0.15, -0.1) is 0 Å². The van der Waals surface area contributed by atoms with Crippen LogP contribution < -0.4 is 14.8 Å². The Morgan fingerprint density at radius 1 is 1.24 bits per heavy atom. The molecule has 0 spiro atoms. The Bertz CT molecular complexity index is 610. The van der Waals surface area contributed by atoms with Gasteiger partial charge in [-0.05, 0) is 39.1 Å². The number of hydrogen-bond donors (Lipinski definition) is 1. The van der Waals surface area contributed by atoms with E-state index in [1.54, 1.807) is 14.2 Å². The second-order valence-electron chi connectivity index (χ2n) is 4.84. The Kier molecular flexibility index (Phi) is 4.80. The number of likely N-dealkylation sites (N-methyl/N-ethyl adjacent to an activating group) is 1. The Morgan fingerprint density at radius 3 is 2.52 bits per heavy atom. The topological polar surface area (TPSA) is 61.2 Å². The first-order valence-corrected chi connectivity index (χ1v) is 6.86. The van der Waals surface area contributed by atoms with Crippen molar-refractivity contribution in [3.8, 4) is 11.5 Å². The van der Waals surface area contributed by atoms with E-state index >= 15 is 0 Å². The molecule has 1 heterocycles. The van der Waals surface area contributed by atoms with Crippen LogP contribution in [0.3, 0.4) is 0 Å². The van der Waals surface area contributed by atoms with E-state index in [4.69, 9.17) is 9.47 Å². The number of rotatable bonds is 6. The molecule has 0 aliphatic carbocycles. The van der Waals surface area contributed by atoms with Gasteiger partial charge in [0.1, 0.15) is 23.1 Å². The fourth-order valence-corrected chi connectivity index (χ4v) is 2.36. The number of aryl methyl sites for hydroxylation is 2. The monoisotopic (exact) mass is 290 g/mol. The van der Waals surface area contributed by atoms with Crippen LogP contribution in [0.5, 0.6) is 11.5 Å². The lowest BCUT2D eigenvalue weighted by Gasteiger charge is -2.20. The van der Waals surface area contributed by atoms with Crippen molar-refractivity contribution in [2.45, 2.75) is 26.4 Å². The summed E-state index contributed by atoms with van der Waals surface area (Å²) in [4.78, 5) is 4.34. The summed E-state index contributed by atoms with van der Waals surface area (Å²) in [6, 6.07) is 5.84. The van der Waals surface area contributed by atoms with Crippen LogP contribution in [0.15, 0.2) is 18.2 Å². The van der Waals surface area contributed by atoms with Gasteiger partial charge in [-0.2, -0.15) is 5.10 Å². The zero-order chi connectivity index (χ0) is 15.4. The minimum Gasteiger partial charge on any atom is -0.497 e. The summed E-state index contributed by atoms with van der Waals surface area (Å²) < 4.78 is 12.7. The Morgan fingerprint density at radius 2 is 2.00 bits per heavy atom. The van der Waals surface area contributed by atoms with Crippen LogP contribution in [0.4, 0.5) is 0 Å². The van der Waals surface area contributed by atoms with Gasteiger partial charge >= 0.3 is 0 Å². The quantitative estimate of drug-likeness (QED) is 0.880. The van der Waals surface area contributed by atoms with Crippen LogP contribution in [0.2, 0.25) is 0 Å². The number of nitrogens with zero attached hydrogens (tertiary/aromatic N) is 3. The average molecular weight is 290 g/mol. The smallest absolute Gasteiger partial charge is 0.147 e. The highest BCUT2D eigenvalue weighted by Gasteiger charge is 2.18. The van der Waals surface area contributed by atoms with E-state index in [-0.39, 0.29) is 6.04 Å². The van der Waals surface area contributed by atoms with Crippen molar-refractivity contribution in [1.82, 2.24) is 20.1 Å². The Hall–Kier alpha value is -2.08. The van der Waals surface area contributed by atoms with Gasteiger partial charge in [0, 0.05) is 5.56 Å². The van der Waals surface area contributed by atoms with Gasteiger partial charge in [-0.3, -0.25) is 0 Å². The highest BCUT2D eigenvalue weighted by molar-refractivity contribution is 5.42. The van der Waals surface area contributed by atoms with Crippen molar-refractivity contribution >= 4 is 0 Å². The summed E-state index contributed by atoms with van der Waals surface area (Å²) in [7, 11) is 5.25. The number of hydrogen-bond acceptors (Lipinski definition) is 5. The minimum atomic E-state index is 0.0508. The first kappa shape index (κ1) is 15.3. The molecule has 2 aromatic rings. The third-order valence-electron chi connectivity index (χ3n) is 3.48. The minimum absolute atomic E-state index is 0.0508. The van der Waals surface area contributed by atoms with Gasteiger partial charge in [-0.25, -0.2) is 9.67 Å². The van der Waals surface area contributed by atoms with Gasteiger partial charge in [0.15, 0.2) is 0 Å². The first-order chi connectivity index (χ1) is 10.1. The van der Waals surface area contributed by atoms with E-state index in [0.29, 0.717) is 6.54 Å². The predicted octanol–water partition coefficient (Wildman–Crippen LogP) is 1.87. The molecule has 0 fully saturated rings. The molecule has 21 heavy (non-hydrogen) atoms. The molecule has 0 saturated heterocycles. The molecule has 0 amide bonds. The SMILES string of the molecule is CNC(Cn1nc(C)nc1C)c1cc(OC)ccc1OC. The molecular formula is C15H22N4O2. The summed E-state index contributed by atoms with van der Waals surface area (Å²) in [6.45, 7) is 4.52. The Balaban J connectivity index is 2.34. The van der Waals surface area contributed by atoms with Gasteiger partial charge in [-0.1, -0.05) is 0 Å². The molecule has 1 aromatic heterocycles. The van der Waals surface area contributed by atoms with Crippen LogP contribution in [-0.2, 0) is 6.54 Å². The van der Waals surface area contributed by atoms with Crippen LogP contribution >= 0.6 is 0 Å². The average Bonchev–Trinajstić information content (AvgIpc) is 2.81. The maximum atomic E-state index is 5.46. The van der Waals surface area contributed by atoms with Crippen molar-refractivity contribution in [3.63, 3.8) is 0 Å². The number of ether oxygens (including phenoxy) is 2. The lowest BCUT2D eigenvalue weighted by molar-refractivity contribution is 0.381. The van der Waals surface area contributed by atoms with Gasteiger partial charge in [0.2, 0.25) is 0 Å². The van der Waals surface area contributed by atoms with Crippen molar-refractivity contribution in [2.24, 2.45) is 0 Å². The molecule has 1 N–H and O–H groups in total. The molecule has 0 aliphatic rings. The standard InChI is InChI=1S/C15H22N4O2/c1-10-17-11(2)19(18-10)9-14(16-3)13-8-12(20-4)6-7-15(13)21-5/h6-8,14,16H,9H2,1-5H3. The normalized spacial score (nSPS) is 12.2. The van der Waals surface area contributed by atoms with E-state index in [9.17, 15) is 0 Å². The van der Waals surface area contributed by atoms with Gasteiger partial charge in [0.25, 0.3) is 0 Å². The molecule has 2 rings (SSSR count). The summed E-state index contributed by atoms with van der Waals surface area (Å²) in [6.07, 6.45) is 0. The molecule has 6 nitrogen and oxygen atoms in total. The molecule has 6 heteroatoms. The molecule has 114 valence electrons. The van der Waals surface area contributed by atoms with Crippen molar-refractivity contribution in [3.05, 3.63) is 35.4 Å². The van der Waals surface area contributed by atoms with E-state index in [1.165, 1.54) is 0 Å². The molecular weight excluding hydrogens is 268 g/mol. The van der Waals surface area contributed by atoms with Crippen molar-refractivity contribution < 1.29 is 9.47 Å². The summed E-state index contributed by atoms with van der Waals surface area (Å²) in [5.41, 5.74) is 1.03. The maximum Gasteiger partial charge on any atom is 0.147 e. The summed E-state index contributed by atoms with van der Waals surface area (Å²) in [5.74, 6) is 3.30. The van der Waals surface area contributed by atoms with Gasteiger partial charge < -0.3 is 14.8 Å². The number of benzene rings is 1. The number of methoxy groups -OCH3 is 2. The molecule has 1 atom stereocenters. The third-order valence-corrected chi connectivity index (χ3v) is 3.48. The lowest BCUT2D eigenvalue weighted by Crippen LogP contribution is -2.23. The summed E-state index contributed by atoms with van der Waals surface area (Å²) >= 11 is 0. The fourth-order valence-electron chi connectivity index (χ4n) is 2.36. The number of nitrogens with one attached hydrogen (secondary N) is 1. The van der Waals surface area contributed by atoms with E-state index in [0.717, 1.165) is 28.7 Å². The maximum absolute atomic E-state index is 5.46. The van der Waals surface area contributed by atoms with Crippen molar-refractivity contribution in [2.75, 3.05) is 21.3 Å². The molecule has 1 unspecified atom stereocenters. The second kappa shape index (κ2) is 6.58. The van der Waals surface area contributed by atoms with E-state index in [2.05, 4.69) is 15.4 Å². The zero-order valence-corrected chi connectivity index (χ0v) is 13.2. The van der Waals surface area contributed by atoms with Crippen LogP contribution in [-0.4, -0.2) is 36.0 Å². The fraction of sp³-hybridized carbons (Fsp3) is 0.467. The highest BCUT2D eigenvalue weighted by Crippen LogP contribution is 2.30. The molecule has 0 bridgehead atoms. The summed E-state index contributed by atoms with van der Waals surface area (Å²) in [5, 5.41) is 7.72. The van der Waals surface area contributed by atoms with Crippen LogP contribution in [0, 0.1) is 13.8 Å². The second-order valence-corrected chi connectivity index (χ2v) is 4.84. The zero-order valence-electron chi connectivity index (χ0n) is 13.2. The van der Waals surface area contributed by atoms with E-state index < -0.39 is 0 Å². The largest absolute Gasteiger partial charge is 0.497 e. The number of aromatic nitrogens is 3. The Labute approximate surface area is 125 Å². The molecule has 0 saturated carbocycles. The predicted molar refractivity (Wildman–Crippen MR) is 80.8 cm³/mol. The van der Waals surface area contributed by atoms with Gasteiger partial charge in [0.05, 0.1) is 26.8 Å².